The van der Waals surface area contributed by atoms with Gasteiger partial charge in [0.05, 0.1) is 0 Å². The lowest BCUT2D eigenvalue weighted by Crippen LogP contribution is -2.16. The van der Waals surface area contributed by atoms with E-state index in [1.54, 1.807) is 0 Å². The van der Waals surface area contributed by atoms with Crippen molar-refractivity contribution in [2.45, 2.75) is 84.2 Å². The molecule has 112 valence electrons. The smallest absolute Gasteiger partial charge is 0.450 e. The molecule has 0 rings (SSSR count). The molecule has 19 heavy (non-hydrogen) atoms. The summed E-state index contributed by atoms with van der Waals surface area (Å²) in [6, 6.07) is 0. The number of carbonyl (C=O) groups is 1. The Morgan fingerprint density at radius 3 is 2.21 bits per heavy atom. The molecular formula is C16H30O3. The summed E-state index contributed by atoms with van der Waals surface area (Å²) in [5.41, 5.74) is 0. The van der Waals surface area contributed by atoms with Gasteiger partial charge in [-0.05, 0) is 19.8 Å². The summed E-state index contributed by atoms with van der Waals surface area (Å²) in [5.74, 6) is 0. The first-order valence-electron chi connectivity index (χ1n) is 7.71. The van der Waals surface area contributed by atoms with Crippen molar-refractivity contribution in [1.29, 1.82) is 0 Å². The van der Waals surface area contributed by atoms with Crippen molar-refractivity contribution in [2.75, 3.05) is 0 Å². The average Bonchev–Trinajstić information content (AvgIpc) is 2.38. The van der Waals surface area contributed by atoms with E-state index in [0.717, 1.165) is 12.8 Å². The van der Waals surface area contributed by atoms with Gasteiger partial charge in [0.15, 0.2) is 0 Å². The summed E-state index contributed by atoms with van der Waals surface area (Å²) in [5, 5.41) is 8.66. The molecule has 3 nitrogen and oxygen atoms in total. The first-order valence-corrected chi connectivity index (χ1v) is 7.71. The minimum atomic E-state index is -1.16. The van der Waals surface area contributed by atoms with Gasteiger partial charge in [0, 0.05) is 6.42 Å². The zero-order valence-electron chi connectivity index (χ0n) is 12.6. The SMILES string of the molecule is CC=CCC(CCCCCCCCCC)OC(=O)O. The predicted molar refractivity (Wildman–Crippen MR) is 79.6 cm³/mol. The lowest BCUT2D eigenvalue weighted by molar-refractivity contribution is 0.0483. The number of hydrogen-bond donors (Lipinski definition) is 1. The largest absolute Gasteiger partial charge is 0.506 e. The second kappa shape index (κ2) is 13.4. The fourth-order valence-corrected chi connectivity index (χ4v) is 2.16. The Balaban J connectivity index is 3.54. The number of unbranched alkanes of at least 4 members (excludes halogenated alkanes) is 7. The highest BCUT2D eigenvalue weighted by Gasteiger charge is 2.11. The number of ether oxygens (including phenoxy) is 1. The molecule has 0 bridgehead atoms. The molecule has 1 unspecified atom stereocenters. The minimum Gasteiger partial charge on any atom is -0.450 e. The third-order valence-corrected chi connectivity index (χ3v) is 3.28. The van der Waals surface area contributed by atoms with Crippen molar-refractivity contribution in [1.82, 2.24) is 0 Å². The van der Waals surface area contributed by atoms with E-state index < -0.39 is 6.16 Å². The molecule has 1 N–H and O–H groups in total. The fourth-order valence-electron chi connectivity index (χ4n) is 2.16. The monoisotopic (exact) mass is 270 g/mol. The van der Waals surface area contributed by atoms with E-state index in [9.17, 15) is 4.79 Å². The van der Waals surface area contributed by atoms with Gasteiger partial charge in [0.25, 0.3) is 0 Å². The summed E-state index contributed by atoms with van der Waals surface area (Å²) in [7, 11) is 0. The molecule has 0 fully saturated rings. The van der Waals surface area contributed by atoms with E-state index >= 15 is 0 Å². The quantitative estimate of drug-likeness (QED) is 0.287. The summed E-state index contributed by atoms with van der Waals surface area (Å²) in [6.07, 6.45) is 14.2. The van der Waals surface area contributed by atoms with Gasteiger partial charge in [-0.3, -0.25) is 0 Å². The van der Waals surface area contributed by atoms with Gasteiger partial charge in [-0.2, -0.15) is 0 Å². The normalized spacial score (nSPS) is 12.7. The van der Waals surface area contributed by atoms with Crippen LogP contribution in [-0.2, 0) is 4.74 Å². The van der Waals surface area contributed by atoms with Gasteiger partial charge < -0.3 is 9.84 Å². The Hall–Kier alpha value is -0.990. The van der Waals surface area contributed by atoms with E-state index in [-0.39, 0.29) is 6.10 Å². The van der Waals surface area contributed by atoms with Gasteiger partial charge in [0.1, 0.15) is 6.10 Å². The van der Waals surface area contributed by atoms with E-state index in [1.807, 2.05) is 19.1 Å². The van der Waals surface area contributed by atoms with Crippen molar-refractivity contribution in [2.24, 2.45) is 0 Å². The molecule has 0 aromatic carbocycles. The van der Waals surface area contributed by atoms with E-state index in [0.29, 0.717) is 6.42 Å². The second-order valence-electron chi connectivity index (χ2n) is 5.07. The van der Waals surface area contributed by atoms with Gasteiger partial charge in [0.2, 0.25) is 0 Å². The number of carboxylic acid groups (broad SMARTS) is 1. The van der Waals surface area contributed by atoms with Crippen molar-refractivity contribution < 1.29 is 14.6 Å². The van der Waals surface area contributed by atoms with Crippen LogP contribution in [0.3, 0.4) is 0 Å². The molecule has 0 saturated carbocycles. The van der Waals surface area contributed by atoms with Crippen molar-refractivity contribution in [3.63, 3.8) is 0 Å². The first-order chi connectivity index (χ1) is 9.20. The molecule has 0 aromatic rings. The van der Waals surface area contributed by atoms with Crippen molar-refractivity contribution in [3.05, 3.63) is 12.2 Å². The maximum Gasteiger partial charge on any atom is 0.506 e. The molecule has 0 radical (unpaired) electrons. The Morgan fingerprint density at radius 1 is 1.11 bits per heavy atom. The Bertz CT molecular complexity index is 236. The van der Waals surface area contributed by atoms with Crippen LogP contribution in [-0.4, -0.2) is 17.4 Å². The number of hydrogen-bond acceptors (Lipinski definition) is 2. The molecule has 1 atom stereocenters. The lowest BCUT2D eigenvalue weighted by Gasteiger charge is -2.13. The summed E-state index contributed by atoms with van der Waals surface area (Å²) < 4.78 is 4.88. The Kier molecular flexibility index (Phi) is 12.7. The predicted octanol–water partition coefficient (Wildman–Crippen LogP) is 5.55. The Morgan fingerprint density at radius 2 is 1.68 bits per heavy atom. The maximum absolute atomic E-state index is 10.6. The summed E-state index contributed by atoms with van der Waals surface area (Å²) in [6.45, 7) is 4.17. The molecule has 0 saturated heterocycles. The molecule has 0 aliphatic carbocycles. The fraction of sp³-hybridized carbons (Fsp3) is 0.812. The topological polar surface area (TPSA) is 46.5 Å². The Labute approximate surface area is 118 Å². The molecule has 0 aliphatic heterocycles. The number of rotatable bonds is 12. The van der Waals surface area contributed by atoms with Crippen LogP contribution in [0.2, 0.25) is 0 Å². The summed E-state index contributed by atoms with van der Waals surface area (Å²) >= 11 is 0. The highest BCUT2D eigenvalue weighted by Crippen LogP contribution is 2.14. The molecular weight excluding hydrogens is 240 g/mol. The lowest BCUT2D eigenvalue weighted by atomic mass is 10.0. The first kappa shape index (κ1) is 18.0. The highest BCUT2D eigenvalue weighted by molar-refractivity contribution is 5.57. The van der Waals surface area contributed by atoms with Crippen LogP contribution in [0.5, 0.6) is 0 Å². The van der Waals surface area contributed by atoms with Crippen LogP contribution in [0.25, 0.3) is 0 Å². The van der Waals surface area contributed by atoms with Gasteiger partial charge in [-0.1, -0.05) is 64.0 Å². The van der Waals surface area contributed by atoms with Gasteiger partial charge in [-0.25, -0.2) is 4.79 Å². The van der Waals surface area contributed by atoms with Crippen LogP contribution in [0, 0.1) is 0 Å². The number of allylic oxidation sites excluding steroid dienone is 1. The molecule has 0 amide bonds. The molecule has 0 aromatic heterocycles. The average molecular weight is 270 g/mol. The zero-order chi connectivity index (χ0) is 14.3. The molecule has 3 heteroatoms. The highest BCUT2D eigenvalue weighted by atomic mass is 16.7. The van der Waals surface area contributed by atoms with Crippen LogP contribution in [0.15, 0.2) is 12.2 Å². The van der Waals surface area contributed by atoms with Crippen LogP contribution in [0.1, 0.15) is 78.1 Å². The zero-order valence-corrected chi connectivity index (χ0v) is 12.6. The van der Waals surface area contributed by atoms with Gasteiger partial charge in [-0.15, -0.1) is 0 Å². The summed E-state index contributed by atoms with van der Waals surface area (Å²) in [4.78, 5) is 10.6. The molecule has 0 aliphatic rings. The van der Waals surface area contributed by atoms with Gasteiger partial charge >= 0.3 is 6.16 Å². The van der Waals surface area contributed by atoms with Crippen molar-refractivity contribution in [3.8, 4) is 0 Å². The van der Waals surface area contributed by atoms with E-state index in [1.165, 1.54) is 44.9 Å². The standard InChI is InChI=1S/C16H30O3/c1-3-5-7-8-9-10-11-12-14-15(13-6-4-2)19-16(17)18/h4,6,15H,3,5,7-14H2,1-2H3,(H,17,18). The third kappa shape index (κ3) is 13.2. The minimum absolute atomic E-state index is 0.172. The van der Waals surface area contributed by atoms with Crippen LogP contribution in [0.4, 0.5) is 4.79 Å². The molecule has 0 spiro atoms. The molecule has 0 heterocycles. The van der Waals surface area contributed by atoms with E-state index in [2.05, 4.69) is 6.92 Å². The third-order valence-electron chi connectivity index (χ3n) is 3.28. The maximum atomic E-state index is 10.6. The van der Waals surface area contributed by atoms with E-state index in [4.69, 9.17) is 9.84 Å². The van der Waals surface area contributed by atoms with Crippen LogP contribution < -0.4 is 0 Å². The second-order valence-corrected chi connectivity index (χ2v) is 5.07. The van der Waals surface area contributed by atoms with Crippen molar-refractivity contribution >= 4 is 6.16 Å². The van der Waals surface area contributed by atoms with Crippen LogP contribution >= 0.6 is 0 Å².